The summed E-state index contributed by atoms with van der Waals surface area (Å²) in [4.78, 5) is 27.0. The summed E-state index contributed by atoms with van der Waals surface area (Å²) >= 11 is 0. The van der Waals surface area contributed by atoms with Crippen molar-refractivity contribution in [2.75, 3.05) is 20.1 Å². The molecule has 1 atom stereocenters. The molecule has 2 aromatic rings. The Morgan fingerprint density at radius 2 is 2.03 bits per heavy atom. The van der Waals surface area contributed by atoms with Crippen molar-refractivity contribution < 1.29 is 4.79 Å². The third-order valence-electron chi connectivity index (χ3n) is 6.55. The molecule has 0 N–H and O–H groups in total. The second kappa shape index (κ2) is 8.22. The number of likely N-dealkylation sites (tertiary alicyclic amines) is 1. The Morgan fingerprint density at radius 3 is 2.79 bits per heavy atom. The number of rotatable bonds is 4. The van der Waals surface area contributed by atoms with Gasteiger partial charge in [0.15, 0.2) is 5.82 Å². The molecule has 7 heteroatoms. The fourth-order valence-electron chi connectivity index (χ4n) is 4.48. The highest BCUT2D eigenvalue weighted by atomic mass is 16.2. The van der Waals surface area contributed by atoms with E-state index < -0.39 is 0 Å². The molecule has 2 aliphatic rings. The number of nitrogens with zero attached hydrogens (tertiary/aromatic N) is 6. The van der Waals surface area contributed by atoms with Crippen LogP contribution in [0.2, 0.25) is 0 Å². The Kier molecular flexibility index (Phi) is 5.67. The van der Waals surface area contributed by atoms with E-state index in [-0.39, 0.29) is 11.9 Å². The summed E-state index contributed by atoms with van der Waals surface area (Å²) in [6.07, 6.45) is 6.52. The van der Waals surface area contributed by atoms with Gasteiger partial charge in [-0.25, -0.2) is 9.97 Å². The Balaban J connectivity index is 1.48. The van der Waals surface area contributed by atoms with Gasteiger partial charge in [-0.1, -0.05) is 0 Å². The van der Waals surface area contributed by atoms with E-state index in [2.05, 4.69) is 35.9 Å². The van der Waals surface area contributed by atoms with Crippen LogP contribution in [-0.4, -0.2) is 55.6 Å². The molecular weight excluding hydrogens is 364 g/mol. The minimum Gasteiger partial charge on any atom is -0.332 e. The topological polar surface area (TPSA) is 67.2 Å². The Labute approximate surface area is 173 Å². The van der Waals surface area contributed by atoms with Crippen LogP contribution in [0.4, 0.5) is 0 Å². The predicted molar refractivity (Wildman–Crippen MR) is 111 cm³/mol. The van der Waals surface area contributed by atoms with Crippen molar-refractivity contribution >= 4 is 5.91 Å². The van der Waals surface area contributed by atoms with E-state index in [1.165, 1.54) is 11.1 Å². The van der Waals surface area contributed by atoms with Crippen molar-refractivity contribution in [2.45, 2.75) is 72.0 Å². The lowest BCUT2D eigenvalue weighted by Crippen LogP contribution is -2.40. The number of fused-ring (bicyclic) bond motifs is 1. The van der Waals surface area contributed by atoms with Crippen molar-refractivity contribution in [3.05, 3.63) is 40.2 Å². The first kappa shape index (κ1) is 20.0. The highest BCUT2D eigenvalue weighted by Gasteiger charge is 2.30. The monoisotopic (exact) mass is 396 g/mol. The molecule has 1 saturated heterocycles. The molecule has 29 heavy (non-hydrogen) atoms. The average molecular weight is 397 g/mol. The lowest BCUT2D eigenvalue weighted by atomic mass is 10.00. The van der Waals surface area contributed by atoms with Crippen LogP contribution in [0.1, 0.15) is 65.8 Å². The number of piperidine rings is 1. The van der Waals surface area contributed by atoms with Gasteiger partial charge >= 0.3 is 0 Å². The van der Waals surface area contributed by atoms with Gasteiger partial charge in [-0.15, -0.1) is 0 Å². The lowest BCUT2D eigenvalue weighted by Gasteiger charge is -2.35. The van der Waals surface area contributed by atoms with E-state index in [4.69, 9.17) is 4.98 Å². The van der Waals surface area contributed by atoms with Gasteiger partial charge in [-0.05, 0) is 52.6 Å². The van der Waals surface area contributed by atoms with E-state index in [1.54, 1.807) is 0 Å². The average Bonchev–Trinajstić information content (AvgIpc) is 2.98. The van der Waals surface area contributed by atoms with Gasteiger partial charge in [0, 0.05) is 62.2 Å². The molecule has 0 unspecified atom stereocenters. The Morgan fingerprint density at radius 1 is 1.21 bits per heavy atom. The number of aryl methyl sites for hydroxylation is 2. The number of amides is 1. The fraction of sp³-hybridized carbons (Fsp3) is 0.636. The quantitative estimate of drug-likeness (QED) is 0.795. The van der Waals surface area contributed by atoms with Gasteiger partial charge in [0.2, 0.25) is 5.91 Å². The summed E-state index contributed by atoms with van der Waals surface area (Å²) in [5.74, 6) is 1.00. The number of carbonyl (C=O) groups excluding carboxylic acids is 1. The van der Waals surface area contributed by atoms with Crippen LogP contribution in [0.25, 0.3) is 0 Å². The number of hydrogen-bond acceptors (Lipinski definition) is 5. The molecule has 2 aromatic heterocycles. The molecule has 0 aromatic carbocycles. The smallest absolute Gasteiger partial charge is 0.225 e. The predicted octanol–water partition coefficient (Wildman–Crippen LogP) is 2.73. The van der Waals surface area contributed by atoms with Crippen LogP contribution in [-0.2, 0) is 24.3 Å². The van der Waals surface area contributed by atoms with Crippen molar-refractivity contribution in [1.29, 1.82) is 0 Å². The molecule has 0 spiro atoms. The Hall–Kier alpha value is -2.28. The molecule has 2 aliphatic heterocycles. The standard InChI is InChI=1S/C22H32N6O/c1-15-16(2)25-28(17(15)3)12-9-21(29)27-10-6-5-7-20(27)22-23-13-18-14-26(4)11-8-19(18)24-22/h13,20H,5-12,14H2,1-4H3/t20-/m1/s1. The van der Waals surface area contributed by atoms with Gasteiger partial charge in [0.25, 0.3) is 0 Å². The van der Waals surface area contributed by atoms with Crippen LogP contribution < -0.4 is 0 Å². The van der Waals surface area contributed by atoms with Crippen LogP contribution in [0.15, 0.2) is 6.20 Å². The molecular formula is C22H32N6O. The molecule has 1 fully saturated rings. The fourth-order valence-corrected chi connectivity index (χ4v) is 4.48. The minimum absolute atomic E-state index is 0.00315. The van der Waals surface area contributed by atoms with E-state index >= 15 is 0 Å². The summed E-state index contributed by atoms with van der Waals surface area (Å²) in [6.45, 7) is 9.53. The molecule has 1 amide bonds. The van der Waals surface area contributed by atoms with Crippen LogP contribution in [0.5, 0.6) is 0 Å². The largest absolute Gasteiger partial charge is 0.332 e. The normalized spacial score (nSPS) is 20.0. The van der Waals surface area contributed by atoms with Crippen molar-refractivity contribution in [1.82, 2.24) is 29.5 Å². The number of aromatic nitrogens is 4. The summed E-state index contributed by atoms with van der Waals surface area (Å²) in [5, 5.41) is 4.58. The summed E-state index contributed by atoms with van der Waals surface area (Å²) in [5.41, 5.74) is 5.77. The zero-order valence-corrected chi connectivity index (χ0v) is 18.1. The molecule has 0 aliphatic carbocycles. The molecule has 156 valence electrons. The number of carbonyl (C=O) groups is 1. The highest BCUT2D eigenvalue weighted by Crippen LogP contribution is 2.30. The second-order valence-electron chi connectivity index (χ2n) is 8.56. The van der Waals surface area contributed by atoms with Gasteiger partial charge in [-0.2, -0.15) is 5.10 Å². The summed E-state index contributed by atoms with van der Waals surface area (Å²) < 4.78 is 1.97. The molecule has 4 heterocycles. The first-order chi connectivity index (χ1) is 13.9. The van der Waals surface area contributed by atoms with E-state index in [0.717, 1.165) is 68.2 Å². The number of hydrogen-bond donors (Lipinski definition) is 0. The molecule has 7 nitrogen and oxygen atoms in total. The van der Waals surface area contributed by atoms with Crippen molar-refractivity contribution in [3.63, 3.8) is 0 Å². The molecule has 4 rings (SSSR count). The van der Waals surface area contributed by atoms with Gasteiger partial charge in [-0.3, -0.25) is 9.48 Å². The van der Waals surface area contributed by atoms with Gasteiger partial charge in [0.05, 0.1) is 11.7 Å². The zero-order chi connectivity index (χ0) is 20.5. The maximum atomic E-state index is 13.1. The van der Waals surface area contributed by atoms with Crippen LogP contribution in [0.3, 0.4) is 0 Å². The SMILES string of the molecule is Cc1nn(CCC(=O)N2CCCC[C@@H]2c2ncc3c(n2)CCN(C)C3)c(C)c1C. The van der Waals surface area contributed by atoms with E-state index in [9.17, 15) is 4.79 Å². The van der Waals surface area contributed by atoms with Crippen LogP contribution in [0, 0.1) is 20.8 Å². The molecule has 0 saturated carbocycles. The summed E-state index contributed by atoms with van der Waals surface area (Å²) in [7, 11) is 2.13. The maximum absolute atomic E-state index is 13.1. The first-order valence-corrected chi connectivity index (χ1v) is 10.8. The van der Waals surface area contributed by atoms with Crippen LogP contribution >= 0.6 is 0 Å². The molecule has 0 radical (unpaired) electrons. The maximum Gasteiger partial charge on any atom is 0.225 e. The zero-order valence-electron chi connectivity index (χ0n) is 18.1. The third-order valence-corrected chi connectivity index (χ3v) is 6.55. The Bertz CT molecular complexity index is 905. The summed E-state index contributed by atoms with van der Waals surface area (Å²) in [6, 6.07) is 0.00315. The van der Waals surface area contributed by atoms with Gasteiger partial charge in [0.1, 0.15) is 0 Å². The lowest BCUT2D eigenvalue weighted by molar-refractivity contribution is -0.135. The second-order valence-corrected chi connectivity index (χ2v) is 8.56. The third kappa shape index (κ3) is 4.06. The minimum atomic E-state index is 0.00315. The first-order valence-electron chi connectivity index (χ1n) is 10.8. The highest BCUT2D eigenvalue weighted by molar-refractivity contribution is 5.76. The van der Waals surface area contributed by atoms with E-state index in [1.807, 2.05) is 22.7 Å². The molecule has 0 bridgehead atoms. The van der Waals surface area contributed by atoms with Crippen molar-refractivity contribution in [2.24, 2.45) is 0 Å². The number of likely N-dealkylation sites (N-methyl/N-ethyl adjacent to an activating group) is 1. The van der Waals surface area contributed by atoms with Crippen molar-refractivity contribution in [3.8, 4) is 0 Å². The van der Waals surface area contributed by atoms with Gasteiger partial charge < -0.3 is 9.80 Å². The van der Waals surface area contributed by atoms with E-state index in [0.29, 0.717) is 13.0 Å².